The van der Waals surface area contributed by atoms with Gasteiger partial charge in [0.15, 0.2) is 0 Å². The van der Waals surface area contributed by atoms with Gasteiger partial charge in [-0.25, -0.2) is 0 Å². The molecule has 10 aromatic rings. The first-order valence-corrected chi connectivity index (χ1v) is 17.8. The zero-order valence-corrected chi connectivity index (χ0v) is 28.4. The Morgan fingerprint density at radius 3 is 1.65 bits per heavy atom. The van der Waals surface area contributed by atoms with Crippen molar-refractivity contribution in [3.05, 3.63) is 200 Å². The quantitative estimate of drug-likeness (QED) is 0.176. The van der Waals surface area contributed by atoms with E-state index in [1.165, 1.54) is 32.7 Å². The van der Waals surface area contributed by atoms with Crippen molar-refractivity contribution in [1.82, 2.24) is 0 Å². The SMILES string of the molecule is c1ccc(-c2ccc(-c3ccccc3N(c3ccc4ccccc4c3)c3ccccc3-c3cccc4oc5cc6ccccc6cc5c34)cc2)cc1. The van der Waals surface area contributed by atoms with Crippen molar-refractivity contribution in [3.8, 4) is 33.4 Å². The summed E-state index contributed by atoms with van der Waals surface area (Å²) in [5.41, 5.74) is 12.1. The van der Waals surface area contributed by atoms with Crippen LogP contribution in [-0.2, 0) is 0 Å². The molecule has 0 atom stereocenters. The predicted molar refractivity (Wildman–Crippen MR) is 220 cm³/mol. The van der Waals surface area contributed by atoms with Crippen molar-refractivity contribution in [2.24, 2.45) is 0 Å². The monoisotopic (exact) mass is 663 g/mol. The van der Waals surface area contributed by atoms with Gasteiger partial charge in [0.2, 0.25) is 0 Å². The Balaban J connectivity index is 1.20. The molecule has 0 unspecified atom stereocenters. The number of furan rings is 1. The van der Waals surface area contributed by atoms with Crippen LogP contribution in [0.3, 0.4) is 0 Å². The van der Waals surface area contributed by atoms with Gasteiger partial charge in [0, 0.05) is 27.6 Å². The number of fused-ring (bicyclic) bond motifs is 5. The lowest BCUT2D eigenvalue weighted by molar-refractivity contribution is 0.669. The fraction of sp³-hybridized carbons (Fsp3) is 0. The van der Waals surface area contributed by atoms with Crippen molar-refractivity contribution in [3.63, 3.8) is 0 Å². The van der Waals surface area contributed by atoms with Crippen LogP contribution in [0.5, 0.6) is 0 Å². The van der Waals surface area contributed by atoms with Gasteiger partial charge in [0.05, 0.1) is 11.4 Å². The minimum atomic E-state index is 0.883. The number of para-hydroxylation sites is 2. The minimum absolute atomic E-state index is 0.883. The Morgan fingerprint density at radius 2 is 0.885 bits per heavy atom. The molecule has 0 aliphatic carbocycles. The second-order valence-corrected chi connectivity index (χ2v) is 13.3. The molecule has 0 radical (unpaired) electrons. The molecule has 0 spiro atoms. The van der Waals surface area contributed by atoms with Crippen LogP contribution in [0.2, 0.25) is 0 Å². The van der Waals surface area contributed by atoms with E-state index in [1.54, 1.807) is 0 Å². The average Bonchev–Trinajstić information content (AvgIpc) is 3.58. The molecule has 0 aliphatic rings. The molecule has 244 valence electrons. The van der Waals surface area contributed by atoms with E-state index >= 15 is 0 Å². The first kappa shape index (κ1) is 30.0. The Labute approximate surface area is 302 Å². The molecule has 2 nitrogen and oxygen atoms in total. The van der Waals surface area contributed by atoms with Gasteiger partial charge in [-0.3, -0.25) is 0 Å². The third-order valence-electron chi connectivity index (χ3n) is 10.2. The zero-order valence-electron chi connectivity index (χ0n) is 28.4. The smallest absolute Gasteiger partial charge is 0.136 e. The van der Waals surface area contributed by atoms with E-state index in [9.17, 15) is 0 Å². The van der Waals surface area contributed by atoms with Crippen LogP contribution in [-0.4, -0.2) is 0 Å². The van der Waals surface area contributed by atoms with Crippen LogP contribution in [0.4, 0.5) is 17.1 Å². The van der Waals surface area contributed by atoms with Gasteiger partial charge >= 0.3 is 0 Å². The third kappa shape index (κ3) is 5.12. The lowest BCUT2D eigenvalue weighted by Crippen LogP contribution is -2.12. The molecule has 0 saturated carbocycles. The summed E-state index contributed by atoms with van der Waals surface area (Å²) in [6, 6.07) is 71.8. The standard InChI is InChI=1S/C50H33NO/c1-2-13-34(14-3-1)36-25-27-37(28-26-36)42-19-8-10-22-46(42)51(41-30-29-35-15-4-5-16-38(35)31-41)47-23-11-9-20-43(47)44-21-12-24-48-50(44)45-32-39-17-6-7-18-40(39)33-49(45)52-48/h1-33H. The molecule has 52 heavy (non-hydrogen) atoms. The van der Waals surface area contributed by atoms with Crippen LogP contribution in [0, 0.1) is 0 Å². The molecule has 9 aromatic carbocycles. The molecule has 1 heterocycles. The maximum atomic E-state index is 6.55. The third-order valence-corrected chi connectivity index (χ3v) is 10.2. The molecule has 2 heteroatoms. The van der Waals surface area contributed by atoms with Gasteiger partial charge in [0.25, 0.3) is 0 Å². The number of benzene rings is 9. The van der Waals surface area contributed by atoms with Crippen LogP contribution in [0.25, 0.3) is 76.9 Å². The number of nitrogens with zero attached hydrogens (tertiary/aromatic N) is 1. The van der Waals surface area contributed by atoms with Crippen LogP contribution < -0.4 is 4.90 Å². The summed E-state index contributed by atoms with van der Waals surface area (Å²) in [6.07, 6.45) is 0. The van der Waals surface area contributed by atoms with E-state index < -0.39 is 0 Å². The number of hydrogen-bond donors (Lipinski definition) is 0. The lowest BCUT2D eigenvalue weighted by Gasteiger charge is -2.30. The van der Waals surface area contributed by atoms with Crippen LogP contribution in [0.15, 0.2) is 205 Å². The zero-order chi connectivity index (χ0) is 34.4. The van der Waals surface area contributed by atoms with E-state index in [0.717, 1.165) is 61.3 Å². The van der Waals surface area contributed by atoms with Crippen molar-refractivity contribution < 1.29 is 4.42 Å². The molecule has 0 aliphatic heterocycles. The van der Waals surface area contributed by atoms with Crippen molar-refractivity contribution in [2.45, 2.75) is 0 Å². The molecular formula is C50H33NO. The maximum Gasteiger partial charge on any atom is 0.136 e. The summed E-state index contributed by atoms with van der Waals surface area (Å²) in [7, 11) is 0. The van der Waals surface area contributed by atoms with Gasteiger partial charge in [-0.2, -0.15) is 0 Å². The lowest BCUT2D eigenvalue weighted by atomic mass is 9.95. The second kappa shape index (κ2) is 12.5. The minimum Gasteiger partial charge on any atom is -0.456 e. The molecule has 0 N–H and O–H groups in total. The van der Waals surface area contributed by atoms with Gasteiger partial charge < -0.3 is 9.32 Å². The van der Waals surface area contributed by atoms with E-state index in [1.807, 2.05) is 0 Å². The first-order chi connectivity index (χ1) is 25.8. The molecule has 0 bridgehead atoms. The summed E-state index contributed by atoms with van der Waals surface area (Å²) in [5, 5.41) is 7.03. The van der Waals surface area contributed by atoms with Crippen molar-refractivity contribution in [1.29, 1.82) is 0 Å². The molecule has 0 fully saturated rings. The van der Waals surface area contributed by atoms with Gasteiger partial charge in [0.1, 0.15) is 11.2 Å². The number of anilines is 3. The molecule has 10 rings (SSSR count). The van der Waals surface area contributed by atoms with Crippen LogP contribution in [0.1, 0.15) is 0 Å². The largest absolute Gasteiger partial charge is 0.456 e. The van der Waals surface area contributed by atoms with E-state index in [0.29, 0.717) is 0 Å². The van der Waals surface area contributed by atoms with Gasteiger partial charge in [-0.1, -0.05) is 158 Å². The molecular weight excluding hydrogens is 631 g/mol. The van der Waals surface area contributed by atoms with E-state index in [2.05, 4.69) is 205 Å². The number of hydrogen-bond acceptors (Lipinski definition) is 2. The van der Waals surface area contributed by atoms with Crippen LogP contribution >= 0.6 is 0 Å². The topological polar surface area (TPSA) is 16.4 Å². The predicted octanol–water partition coefficient (Wildman–Crippen LogP) is 14.4. The van der Waals surface area contributed by atoms with E-state index in [-0.39, 0.29) is 0 Å². The highest BCUT2D eigenvalue weighted by atomic mass is 16.3. The summed E-state index contributed by atoms with van der Waals surface area (Å²) < 4.78 is 6.55. The first-order valence-electron chi connectivity index (χ1n) is 17.8. The highest BCUT2D eigenvalue weighted by Gasteiger charge is 2.23. The average molecular weight is 664 g/mol. The summed E-state index contributed by atoms with van der Waals surface area (Å²) in [4.78, 5) is 2.43. The highest BCUT2D eigenvalue weighted by Crippen LogP contribution is 2.47. The van der Waals surface area contributed by atoms with E-state index in [4.69, 9.17) is 4.42 Å². The number of rotatable bonds is 6. The van der Waals surface area contributed by atoms with Gasteiger partial charge in [-0.05, 0) is 86.3 Å². The van der Waals surface area contributed by atoms with Crippen molar-refractivity contribution in [2.75, 3.05) is 4.90 Å². The van der Waals surface area contributed by atoms with Crippen molar-refractivity contribution >= 4 is 60.5 Å². The fourth-order valence-electron chi connectivity index (χ4n) is 7.74. The molecule has 1 aromatic heterocycles. The Hall–Kier alpha value is -6.90. The maximum absolute atomic E-state index is 6.55. The summed E-state index contributed by atoms with van der Waals surface area (Å²) in [6.45, 7) is 0. The Morgan fingerprint density at radius 1 is 0.327 bits per heavy atom. The summed E-state index contributed by atoms with van der Waals surface area (Å²) >= 11 is 0. The molecule has 0 amide bonds. The Bertz CT molecular complexity index is 2900. The van der Waals surface area contributed by atoms with Gasteiger partial charge in [-0.15, -0.1) is 0 Å². The Kier molecular flexibility index (Phi) is 7.18. The second-order valence-electron chi connectivity index (χ2n) is 13.3. The highest BCUT2D eigenvalue weighted by molar-refractivity contribution is 6.16. The fourth-order valence-corrected chi connectivity index (χ4v) is 7.74. The summed E-state index contributed by atoms with van der Waals surface area (Å²) in [5.74, 6) is 0. The normalized spacial score (nSPS) is 11.5. The molecule has 0 saturated heterocycles.